The first-order valence-corrected chi connectivity index (χ1v) is 12.2. The van der Waals surface area contributed by atoms with Crippen molar-refractivity contribution in [1.82, 2.24) is 9.78 Å². The molecule has 0 radical (unpaired) electrons. The largest absolute Gasteiger partial charge is 0.502 e. The molecule has 0 aliphatic carbocycles. The Kier molecular flexibility index (Phi) is 8.13. The summed E-state index contributed by atoms with van der Waals surface area (Å²) >= 11 is 17.5. The average Bonchev–Trinajstić information content (AvgIpc) is 3.15. The van der Waals surface area contributed by atoms with Gasteiger partial charge in [0.1, 0.15) is 17.5 Å². The van der Waals surface area contributed by atoms with Gasteiger partial charge in [-0.25, -0.2) is 13.1 Å². The van der Waals surface area contributed by atoms with Gasteiger partial charge in [0.2, 0.25) is 0 Å². The molecule has 1 amide bonds. The molecule has 18 heteroatoms. The summed E-state index contributed by atoms with van der Waals surface area (Å²) < 4.78 is 110. The zero-order valence-electron chi connectivity index (χ0n) is 18.0. The topological polar surface area (TPSA) is 114 Å². The first-order valence-electron chi connectivity index (χ1n) is 9.56. The summed E-state index contributed by atoms with van der Waals surface area (Å²) in [6.45, 7) is -0.894. The molecule has 1 aromatic heterocycles. The van der Waals surface area contributed by atoms with Crippen molar-refractivity contribution in [3.8, 4) is 17.5 Å². The van der Waals surface area contributed by atoms with E-state index >= 15 is 0 Å². The van der Waals surface area contributed by atoms with Crippen molar-refractivity contribution < 1.29 is 44.3 Å². The quantitative estimate of drug-likeness (QED) is 0.336. The van der Waals surface area contributed by atoms with Crippen molar-refractivity contribution in [3.63, 3.8) is 0 Å². The summed E-state index contributed by atoms with van der Waals surface area (Å²) in [6.07, 6.45) is -4.94. The molecule has 1 heterocycles. The number of nitriles is 1. The molecule has 0 fully saturated rings. The molecule has 0 unspecified atom stereocenters. The molecule has 1 N–H and O–H groups in total. The maximum Gasteiger partial charge on any atom is 0.502 e. The number of nitrogens with zero attached hydrogens (tertiary/aromatic N) is 3. The van der Waals surface area contributed by atoms with Gasteiger partial charge < -0.3 is 10.1 Å². The maximum absolute atomic E-state index is 13.4. The van der Waals surface area contributed by atoms with Crippen molar-refractivity contribution in [2.45, 2.75) is 16.6 Å². The van der Waals surface area contributed by atoms with E-state index in [9.17, 15) is 44.8 Å². The number of amides is 1. The first-order chi connectivity index (χ1) is 17.5. The Hall–Kier alpha value is -3.19. The molecular weight excluding hydrogens is 613 g/mol. The minimum atomic E-state index is -6.35. The minimum Gasteiger partial charge on any atom is -0.484 e. The predicted octanol–water partition coefficient (Wildman–Crippen LogP) is 6.03. The molecule has 38 heavy (non-hydrogen) atoms. The second-order valence-corrected chi connectivity index (χ2v) is 10.2. The molecule has 0 aliphatic heterocycles. The molecule has 0 bridgehead atoms. The van der Waals surface area contributed by atoms with E-state index in [-0.39, 0.29) is 10.4 Å². The third kappa shape index (κ3) is 5.93. The highest BCUT2D eigenvalue weighted by Crippen LogP contribution is 2.42. The highest BCUT2D eigenvalue weighted by atomic mass is 35.5. The Morgan fingerprint density at radius 1 is 1.05 bits per heavy atom. The number of alkyl halides is 6. The van der Waals surface area contributed by atoms with Gasteiger partial charge in [0.15, 0.2) is 23.0 Å². The Bertz CT molecular complexity index is 1530. The fourth-order valence-electron chi connectivity index (χ4n) is 2.90. The zero-order valence-corrected chi connectivity index (χ0v) is 21.0. The lowest BCUT2D eigenvalue weighted by molar-refractivity contribution is -0.137. The van der Waals surface area contributed by atoms with Crippen molar-refractivity contribution in [1.29, 1.82) is 5.26 Å². The number of anilines is 1. The average molecular weight is 622 g/mol. The molecule has 0 saturated heterocycles. The second kappa shape index (κ2) is 10.5. The van der Waals surface area contributed by atoms with E-state index in [2.05, 4.69) is 5.10 Å². The molecule has 0 aliphatic rings. The third-order valence-corrected chi connectivity index (χ3v) is 6.88. The van der Waals surface area contributed by atoms with Crippen LogP contribution in [0.2, 0.25) is 15.1 Å². The number of benzene rings is 2. The van der Waals surface area contributed by atoms with Gasteiger partial charge in [-0.15, -0.1) is 0 Å². The van der Waals surface area contributed by atoms with Gasteiger partial charge in [0.05, 0.1) is 15.6 Å². The molecular formula is C20H9Cl3F6N4O4S. The lowest BCUT2D eigenvalue weighted by Crippen LogP contribution is -2.27. The standard InChI is InChI=1S/C20H9Cl3F6N4O4S/c21-10-1-3-11(4-2-10)37-8-15(34)31-18-17(38(35,36)20(27,28)29)14(7-30)32-33(18)16-12(22)5-9(6-13(16)23)19(24,25)26/h1-6H,8H2,(H,31,34). The monoisotopic (exact) mass is 620 g/mol. The van der Waals surface area contributed by atoms with Gasteiger partial charge in [0.25, 0.3) is 15.7 Å². The van der Waals surface area contributed by atoms with Gasteiger partial charge in [-0.2, -0.15) is 36.7 Å². The third-order valence-electron chi connectivity index (χ3n) is 4.52. The smallest absolute Gasteiger partial charge is 0.484 e. The van der Waals surface area contributed by atoms with E-state index < -0.39 is 71.7 Å². The molecule has 3 aromatic rings. The van der Waals surface area contributed by atoms with E-state index in [1.54, 1.807) is 0 Å². The van der Waals surface area contributed by atoms with Crippen molar-refractivity contribution in [2.75, 3.05) is 11.9 Å². The number of rotatable bonds is 6. The summed E-state index contributed by atoms with van der Waals surface area (Å²) in [4.78, 5) is 10.7. The number of hydrogen-bond acceptors (Lipinski definition) is 6. The summed E-state index contributed by atoms with van der Waals surface area (Å²) in [5.74, 6) is -2.43. The van der Waals surface area contributed by atoms with Crippen LogP contribution in [0.5, 0.6) is 5.75 Å². The molecule has 0 atom stereocenters. The van der Waals surface area contributed by atoms with Gasteiger partial charge in [-0.05, 0) is 36.4 Å². The van der Waals surface area contributed by atoms with Gasteiger partial charge in [0, 0.05) is 5.02 Å². The number of carbonyl (C=O) groups excluding carboxylic acids is 1. The molecule has 8 nitrogen and oxygen atoms in total. The normalized spacial score (nSPS) is 12.2. The van der Waals surface area contributed by atoms with Gasteiger partial charge >= 0.3 is 11.7 Å². The predicted molar refractivity (Wildman–Crippen MR) is 122 cm³/mol. The van der Waals surface area contributed by atoms with E-state index in [0.717, 1.165) is 6.07 Å². The fraction of sp³-hybridized carbons (Fsp3) is 0.150. The Morgan fingerprint density at radius 2 is 1.61 bits per heavy atom. The molecule has 202 valence electrons. The fourth-order valence-corrected chi connectivity index (χ4v) is 4.64. The SMILES string of the molecule is N#Cc1nn(-c2c(Cl)cc(C(F)(F)F)cc2Cl)c(NC(=O)COc2ccc(Cl)cc2)c1S(=O)(=O)C(F)(F)F. The Labute approximate surface area is 224 Å². The minimum absolute atomic E-state index is 0.0905. The van der Waals surface area contributed by atoms with Crippen molar-refractivity contribution in [2.24, 2.45) is 0 Å². The number of nitrogens with one attached hydrogen (secondary N) is 1. The zero-order chi connectivity index (χ0) is 28.6. The number of sulfone groups is 1. The highest BCUT2D eigenvalue weighted by Gasteiger charge is 2.51. The summed E-state index contributed by atoms with van der Waals surface area (Å²) in [5, 5.41) is 13.2. The number of aromatic nitrogens is 2. The van der Waals surface area contributed by atoms with Gasteiger partial charge in [-0.1, -0.05) is 34.8 Å². The molecule has 2 aromatic carbocycles. The van der Waals surface area contributed by atoms with Crippen LogP contribution in [-0.2, 0) is 20.8 Å². The maximum atomic E-state index is 13.4. The Balaban J connectivity index is 2.18. The van der Waals surface area contributed by atoms with E-state index in [4.69, 9.17) is 39.5 Å². The second-order valence-electron chi connectivity index (χ2n) is 7.08. The summed E-state index contributed by atoms with van der Waals surface area (Å²) in [7, 11) is -6.35. The van der Waals surface area contributed by atoms with Crippen LogP contribution in [0.1, 0.15) is 11.3 Å². The van der Waals surface area contributed by atoms with E-state index in [1.165, 1.54) is 24.3 Å². The Morgan fingerprint density at radius 3 is 2.08 bits per heavy atom. The van der Waals surface area contributed by atoms with E-state index in [0.29, 0.717) is 17.2 Å². The summed E-state index contributed by atoms with van der Waals surface area (Å²) in [5.41, 5.74) is -9.44. The van der Waals surface area contributed by atoms with E-state index in [1.807, 2.05) is 5.32 Å². The molecule has 0 saturated carbocycles. The van der Waals surface area contributed by atoms with Crippen LogP contribution >= 0.6 is 34.8 Å². The molecule has 0 spiro atoms. The number of hydrogen-bond donors (Lipinski definition) is 1. The van der Waals surface area contributed by atoms with Crippen LogP contribution in [0.15, 0.2) is 41.3 Å². The van der Waals surface area contributed by atoms with Crippen LogP contribution in [0, 0.1) is 11.3 Å². The number of ether oxygens (including phenoxy) is 1. The number of carbonyl (C=O) groups is 1. The lowest BCUT2D eigenvalue weighted by Gasteiger charge is -2.16. The van der Waals surface area contributed by atoms with Crippen molar-refractivity contribution >= 4 is 56.4 Å². The van der Waals surface area contributed by atoms with Crippen LogP contribution in [0.25, 0.3) is 5.69 Å². The van der Waals surface area contributed by atoms with Crippen LogP contribution < -0.4 is 10.1 Å². The highest BCUT2D eigenvalue weighted by molar-refractivity contribution is 7.92. The summed E-state index contributed by atoms with van der Waals surface area (Å²) in [6, 6.07) is 7.29. The van der Waals surface area contributed by atoms with Crippen LogP contribution in [-0.4, -0.2) is 36.2 Å². The first kappa shape index (κ1) is 29.4. The van der Waals surface area contributed by atoms with Gasteiger partial charge in [-0.3, -0.25) is 4.79 Å². The number of halogens is 9. The van der Waals surface area contributed by atoms with Crippen molar-refractivity contribution in [3.05, 3.63) is 62.7 Å². The van der Waals surface area contributed by atoms with Crippen LogP contribution in [0.4, 0.5) is 32.2 Å². The molecule has 3 rings (SSSR count). The van der Waals surface area contributed by atoms with Crippen LogP contribution in [0.3, 0.4) is 0 Å². The lowest BCUT2D eigenvalue weighted by atomic mass is 10.2.